The smallest absolute Gasteiger partial charge is 0.290 e. The minimum Gasteiger partial charge on any atom is -0.376 e. The first-order valence-electron chi connectivity index (χ1n) is 9.96. The number of carbonyl (C=O) groups excluding carboxylic acids is 3. The van der Waals surface area contributed by atoms with Gasteiger partial charge in [-0.05, 0) is 25.0 Å². The summed E-state index contributed by atoms with van der Waals surface area (Å²) in [7, 11) is 0. The zero-order chi connectivity index (χ0) is 20.4. The van der Waals surface area contributed by atoms with Crippen LogP contribution in [0.1, 0.15) is 40.9 Å². The molecule has 29 heavy (non-hydrogen) atoms. The first-order valence-corrected chi connectivity index (χ1v) is 9.96. The fourth-order valence-electron chi connectivity index (χ4n) is 3.82. The summed E-state index contributed by atoms with van der Waals surface area (Å²) in [5.74, 6) is -0.343. The van der Waals surface area contributed by atoms with Gasteiger partial charge in [-0.1, -0.05) is 6.07 Å². The van der Waals surface area contributed by atoms with Crippen LogP contribution >= 0.6 is 0 Å². The second-order valence-corrected chi connectivity index (χ2v) is 7.38. The number of nitrogens with one attached hydrogen (secondary N) is 1. The van der Waals surface area contributed by atoms with Crippen LogP contribution in [0, 0.1) is 0 Å². The molecule has 2 saturated heterocycles. The Kier molecular flexibility index (Phi) is 5.48. The molecule has 2 aliphatic heterocycles. The van der Waals surface area contributed by atoms with Gasteiger partial charge < -0.3 is 19.9 Å². The first kappa shape index (κ1) is 19.4. The molecule has 3 amide bonds. The molecule has 0 spiro atoms. The molecule has 2 aromatic heterocycles. The molecule has 0 aromatic carbocycles. The van der Waals surface area contributed by atoms with E-state index in [9.17, 15) is 14.4 Å². The Hall–Kier alpha value is -2.94. The summed E-state index contributed by atoms with van der Waals surface area (Å²) < 4.78 is 7.20. The fourth-order valence-corrected chi connectivity index (χ4v) is 3.82. The van der Waals surface area contributed by atoms with E-state index >= 15 is 0 Å². The lowest BCUT2D eigenvalue weighted by Crippen LogP contribution is -2.50. The molecule has 0 bridgehead atoms. The van der Waals surface area contributed by atoms with E-state index in [0.29, 0.717) is 38.2 Å². The number of piperazine rings is 1. The van der Waals surface area contributed by atoms with Crippen LogP contribution < -0.4 is 5.32 Å². The summed E-state index contributed by atoms with van der Waals surface area (Å²) in [6, 6.07) is 5.39. The molecule has 2 aliphatic rings. The molecule has 9 nitrogen and oxygen atoms in total. The van der Waals surface area contributed by atoms with E-state index < -0.39 is 0 Å². The number of imidazole rings is 1. The molecule has 4 heterocycles. The molecule has 0 aliphatic carbocycles. The third-order valence-electron chi connectivity index (χ3n) is 5.48. The Labute approximate surface area is 168 Å². The summed E-state index contributed by atoms with van der Waals surface area (Å²) in [6.45, 7) is 4.57. The van der Waals surface area contributed by atoms with Crippen molar-refractivity contribution >= 4 is 23.2 Å². The maximum Gasteiger partial charge on any atom is 0.290 e. The maximum atomic E-state index is 13.1. The van der Waals surface area contributed by atoms with Crippen molar-refractivity contribution in [3.63, 3.8) is 0 Å². The molecule has 0 radical (unpaired) electrons. The molecule has 9 heteroatoms. The van der Waals surface area contributed by atoms with Crippen LogP contribution in [0.25, 0.3) is 5.52 Å². The van der Waals surface area contributed by atoms with E-state index in [1.54, 1.807) is 32.5 Å². The number of rotatable bonds is 4. The highest BCUT2D eigenvalue weighted by atomic mass is 16.5. The summed E-state index contributed by atoms with van der Waals surface area (Å²) in [4.78, 5) is 45.1. The molecule has 2 aromatic rings. The van der Waals surface area contributed by atoms with E-state index in [-0.39, 0.29) is 35.3 Å². The molecule has 154 valence electrons. The van der Waals surface area contributed by atoms with Gasteiger partial charge in [0.2, 0.25) is 11.7 Å². The highest BCUT2D eigenvalue weighted by molar-refractivity contribution is 6.02. The number of carbonyl (C=O) groups is 3. The molecule has 0 saturated carbocycles. The predicted molar refractivity (Wildman–Crippen MR) is 105 cm³/mol. The van der Waals surface area contributed by atoms with Crippen LogP contribution in [0.4, 0.5) is 0 Å². The SMILES string of the molecule is CC(=O)N1CCN(C(=O)c2nc(C(=O)NCC3CCCO3)c3ccccn23)CC1. The quantitative estimate of drug-likeness (QED) is 0.810. The number of amides is 3. The van der Waals surface area contributed by atoms with E-state index in [1.165, 1.54) is 6.92 Å². The average Bonchev–Trinajstić information content (AvgIpc) is 3.39. The minimum absolute atomic E-state index is 0.00793. The number of aromatic nitrogens is 2. The molecule has 4 rings (SSSR count). The molecule has 1 atom stereocenters. The van der Waals surface area contributed by atoms with E-state index in [4.69, 9.17) is 4.74 Å². The van der Waals surface area contributed by atoms with Crippen molar-refractivity contribution in [2.24, 2.45) is 0 Å². The van der Waals surface area contributed by atoms with Crippen molar-refractivity contribution in [1.29, 1.82) is 0 Å². The summed E-state index contributed by atoms with van der Waals surface area (Å²) in [6.07, 6.45) is 3.70. The monoisotopic (exact) mass is 399 g/mol. The van der Waals surface area contributed by atoms with Gasteiger partial charge in [-0.15, -0.1) is 0 Å². The van der Waals surface area contributed by atoms with Gasteiger partial charge in [0.1, 0.15) is 0 Å². The second-order valence-electron chi connectivity index (χ2n) is 7.38. The zero-order valence-corrected chi connectivity index (χ0v) is 16.5. The molecule has 1 N–H and O–H groups in total. The van der Waals surface area contributed by atoms with Gasteiger partial charge in [0.05, 0.1) is 11.6 Å². The standard InChI is InChI=1S/C20H25N5O4/c1-14(26)23-8-10-24(11-9-23)20(28)18-22-17(16-6-2-3-7-25(16)18)19(27)21-13-15-5-4-12-29-15/h2-3,6-7,15H,4-5,8-13H2,1H3,(H,21,27). The third kappa shape index (κ3) is 3.95. The van der Waals surface area contributed by atoms with Gasteiger partial charge in [0.15, 0.2) is 5.69 Å². The Bertz CT molecular complexity index is 926. The van der Waals surface area contributed by atoms with Crippen molar-refractivity contribution < 1.29 is 19.1 Å². The fraction of sp³-hybridized carbons (Fsp3) is 0.500. The lowest BCUT2D eigenvalue weighted by molar-refractivity contribution is -0.130. The molecular formula is C20H25N5O4. The Morgan fingerprint density at radius 1 is 1.17 bits per heavy atom. The third-order valence-corrected chi connectivity index (χ3v) is 5.48. The Morgan fingerprint density at radius 2 is 1.93 bits per heavy atom. The highest BCUT2D eigenvalue weighted by Crippen LogP contribution is 2.17. The van der Waals surface area contributed by atoms with Gasteiger partial charge in [-0.2, -0.15) is 0 Å². The topological polar surface area (TPSA) is 96.3 Å². The van der Waals surface area contributed by atoms with Crippen molar-refractivity contribution in [2.75, 3.05) is 39.3 Å². The number of pyridine rings is 1. The van der Waals surface area contributed by atoms with Gasteiger partial charge in [0.25, 0.3) is 11.8 Å². The normalized spacial score (nSPS) is 19.6. The van der Waals surface area contributed by atoms with Gasteiger partial charge in [-0.25, -0.2) is 4.98 Å². The second kappa shape index (κ2) is 8.20. The van der Waals surface area contributed by atoms with Crippen molar-refractivity contribution in [1.82, 2.24) is 24.5 Å². The summed E-state index contributed by atoms with van der Waals surface area (Å²) in [5.41, 5.74) is 0.817. The molecule has 1 unspecified atom stereocenters. The highest BCUT2D eigenvalue weighted by Gasteiger charge is 2.28. The first-order chi connectivity index (χ1) is 14.0. The number of nitrogens with zero attached hydrogens (tertiary/aromatic N) is 4. The van der Waals surface area contributed by atoms with Gasteiger partial charge >= 0.3 is 0 Å². The maximum absolute atomic E-state index is 13.1. The van der Waals surface area contributed by atoms with Gasteiger partial charge in [0, 0.05) is 52.5 Å². The van der Waals surface area contributed by atoms with Crippen LogP contribution in [-0.2, 0) is 9.53 Å². The van der Waals surface area contributed by atoms with Crippen LogP contribution in [0.3, 0.4) is 0 Å². The predicted octanol–water partition coefficient (Wildman–Crippen LogP) is 0.547. The zero-order valence-electron chi connectivity index (χ0n) is 16.5. The number of ether oxygens (including phenoxy) is 1. The van der Waals surface area contributed by atoms with Crippen LogP contribution in [0.5, 0.6) is 0 Å². The number of fused-ring (bicyclic) bond motifs is 1. The van der Waals surface area contributed by atoms with Crippen LogP contribution in [-0.4, -0.2) is 82.3 Å². The summed E-state index contributed by atoms with van der Waals surface area (Å²) in [5, 5.41) is 2.87. The van der Waals surface area contributed by atoms with E-state index in [1.807, 2.05) is 6.07 Å². The largest absolute Gasteiger partial charge is 0.376 e. The Morgan fingerprint density at radius 3 is 2.62 bits per heavy atom. The molecular weight excluding hydrogens is 374 g/mol. The lowest BCUT2D eigenvalue weighted by atomic mass is 10.2. The van der Waals surface area contributed by atoms with Crippen LogP contribution in [0.2, 0.25) is 0 Å². The van der Waals surface area contributed by atoms with E-state index in [0.717, 1.165) is 19.4 Å². The van der Waals surface area contributed by atoms with Crippen molar-refractivity contribution in [3.05, 3.63) is 35.9 Å². The van der Waals surface area contributed by atoms with Crippen molar-refractivity contribution in [2.45, 2.75) is 25.9 Å². The van der Waals surface area contributed by atoms with Crippen LogP contribution in [0.15, 0.2) is 24.4 Å². The van der Waals surface area contributed by atoms with Gasteiger partial charge in [-0.3, -0.25) is 18.8 Å². The number of hydrogen-bond acceptors (Lipinski definition) is 5. The number of hydrogen-bond donors (Lipinski definition) is 1. The summed E-state index contributed by atoms with van der Waals surface area (Å²) >= 11 is 0. The average molecular weight is 399 g/mol. The Balaban J connectivity index is 1.53. The molecule has 2 fully saturated rings. The van der Waals surface area contributed by atoms with Crippen molar-refractivity contribution in [3.8, 4) is 0 Å². The lowest BCUT2D eigenvalue weighted by Gasteiger charge is -2.33. The minimum atomic E-state index is -0.315. The van der Waals surface area contributed by atoms with E-state index in [2.05, 4.69) is 10.3 Å².